The van der Waals surface area contributed by atoms with Crippen molar-refractivity contribution in [2.24, 2.45) is 11.1 Å². The van der Waals surface area contributed by atoms with Crippen molar-refractivity contribution in [3.05, 3.63) is 59.6 Å². The van der Waals surface area contributed by atoms with Crippen molar-refractivity contribution in [2.45, 2.75) is 20.8 Å². The Hall–Kier alpha value is -2.82. The fourth-order valence-corrected chi connectivity index (χ4v) is 2.75. The van der Waals surface area contributed by atoms with Gasteiger partial charge in [0.15, 0.2) is 5.78 Å². The number of nitrogens with zero attached hydrogens (tertiary/aromatic N) is 1. The predicted molar refractivity (Wildman–Crippen MR) is 97.9 cm³/mol. The maximum Gasteiger partial charge on any atom is 0.176 e. The third kappa shape index (κ3) is 3.56. The molecule has 0 aliphatic heterocycles. The van der Waals surface area contributed by atoms with Crippen LogP contribution >= 0.6 is 0 Å². The number of Topliss-reactive ketones (excluding diaryl/α,β-unsaturated/α-hetero) is 1. The van der Waals surface area contributed by atoms with Crippen molar-refractivity contribution in [1.82, 2.24) is 9.97 Å². The Kier molecular flexibility index (Phi) is 4.01. The van der Waals surface area contributed by atoms with Crippen LogP contribution in [0.3, 0.4) is 0 Å². The van der Waals surface area contributed by atoms with E-state index in [2.05, 4.69) is 41.3 Å². The SMILES string of the molecule is CC(=O)c1cc2cc(NCC3=CC(C)(C)C=CC(N)=C3)cnc2[nH]1. The molecule has 4 N–H and O–H groups in total. The first-order chi connectivity index (χ1) is 11.3. The van der Waals surface area contributed by atoms with Crippen LogP contribution < -0.4 is 11.1 Å². The summed E-state index contributed by atoms with van der Waals surface area (Å²) >= 11 is 0. The second-order valence-electron chi connectivity index (χ2n) is 6.77. The van der Waals surface area contributed by atoms with E-state index in [0.29, 0.717) is 17.9 Å². The summed E-state index contributed by atoms with van der Waals surface area (Å²) < 4.78 is 0. The van der Waals surface area contributed by atoms with Crippen molar-refractivity contribution in [2.75, 3.05) is 11.9 Å². The second-order valence-corrected chi connectivity index (χ2v) is 6.77. The van der Waals surface area contributed by atoms with E-state index in [9.17, 15) is 4.79 Å². The van der Waals surface area contributed by atoms with E-state index in [1.165, 1.54) is 6.92 Å². The lowest BCUT2D eigenvalue weighted by Crippen LogP contribution is -2.08. The first-order valence-electron chi connectivity index (χ1n) is 7.94. The van der Waals surface area contributed by atoms with Crippen LogP contribution in [0, 0.1) is 5.41 Å². The molecule has 5 heteroatoms. The van der Waals surface area contributed by atoms with Crippen LogP contribution in [0.5, 0.6) is 0 Å². The zero-order chi connectivity index (χ0) is 17.3. The Balaban J connectivity index is 1.79. The molecule has 24 heavy (non-hydrogen) atoms. The van der Waals surface area contributed by atoms with E-state index in [4.69, 9.17) is 5.73 Å². The van der Waals surface area contributed by atoms with E-state index < -0.39 is 0 Å². The number of H-pyrrole nitrogens is 1. The molecule has 0 spiro atoms. The molecular weight excluding hydrogens is 300 g/mol. The summed E-state index contributed by atoms with van der Waals surface area (Å²) in [5, 5.41) is 4.29. The molecule has 0 unspecified atom stereocenters. The number of nitrogens with two attached hydrogens (primary N) is 1. The summed E-state index contributed by atoms with van der Waals surface area (Å²) in [4.78, 5) is 18.8. The van der Waals surface area contributed by atoms with Gasteiger partial charge in [-0.25, -0.2) is 4.98 Å². The molecule has 0 saturated carbocycles. The van der Waals surface area contributed by atoms with Gasteiger partial charge in [0.05, 0.1) is 17.6 Å². The molecule has 0 atom stereocenters. The summed E-state index contributed by atoms with van der Waals surface area (Å²) in [6, 6.07) is 3.81. The molecule has 2 heterocycles. The molecule has 0 fully saturated rings. The van der Waals surface area contributed by atoms with Crippen LogP contribution in [-0.2, 0) is 0 Å². The number of ketones is 1. The third-order valence-corrected chi connectivity index (χ3v) is 3.96. The highest BCUT2D eigenvalue weighted by molar-refractivity contribution is 5.97. The highest BCUT2D eigenvalue weighted by Crippen LogP contribution is 2.25. The molecular formula is C19H22N4O. The number of allylic oxidation sites excluding steroid dienone is 3. The van der Waals surface area contributed by atoms with Gasteiger partial charge in [-0.15, -0.1) is 0 Å². The quantitative estimate of drug-likeness (QED) is 0.752. The van der Waals surface area contributed by atoms with Gasteiger partial charge in [-0.1, -0.05) is 26.0 Å². The van der Waals surface area contributed by atoms with Crippen molar-refractivity contribution in [1.29, 1.82) is 0 Å². The monoisotopic (exact) mass is 322 g/mol. The molecule has 0 bridgehead atoms. The van der Waals surface area contributed by atoms with Crippen LogP contribution in [-0.4, -0.2) is 22.3 Å². The number of fused-ring (bicyclic) bond motifs is 1. The minimum absolute atomic E-state index is 0.00136. The van der Waals surface area contributed by atoms with Crippen molar-refractivity contribution in [3.63, 3.8) is 0 Å². The fourth-order valence-electron chi connectivity index (χ4n) is 2.75. The van der Waals surface area contributed by atoms with Crippen molar-refractivity contribution < 1.29 is 4.79 Å². The Morgan fingerprint density at radius 1 is 1.38 bits per heavy atom. The first kappa shape index (κ1) is 16.1. The number of carbonyl (C=O) groups is 1. The van der Waals surface area contributed by atoms with E-state index in [1.807, 2.05) is 24.3 Å². The van der Waals surface area contributed by atoms with E-state index in [0.717, 1.165) is 22.3 Å². The molecule has 1 aliphatic rings. The first-order valence-corrected chi connectivity index (χ1v) is 7.94. The van der Waals surface area contributed by atoms with E-state index in [-0.39, 0.29) is 11.2 Å². The molecule has 3 rings (SSSR count). The molecule has 2 aromatic rings. The Bertz CT molecular complexity index is 884. The van der Waals surface area contributed by atoms with Gasteiger partial charge in [-0.2, -0.15) is 0 Å². The van der Waals surface area contributed by atoms with Gasteiger partial charge in [0.25, 0.3) is 0 Å². The summed E-state index contributed by atoms with van der Waals surface area (Å²) in [7, 11) is 0. The zero-order valence-corrected chi connectivity index (χ0v) is 14.2. The van der Waals surface area contributed by atoms with Crippen LogP contribution in [0.25, 0.3) is 11.0 Å². The average Bonchev–Trinajstić information content (AvgIpc) is 2.88. The Labute approximate surface area is 141 Å². The molecule has 0 aromatic carbocycles. The number of hydrogen-bond acceptors (Lipinski definition) is 4. The Morgan fingerprint density at radius 2 is 2.17 bits per heavy atom. The normalized spacial score (nSPS) is 16.5. The predicted octanol–water partition coefficient (Wildman–Crippen LogP) is 3.54. The van der Waals surface area contributed by atoms with Crippen molar-refractivity contribution >= 4 is 22.5 Å². The van der Waals surface area contributed by atoms with Gasteiger partial charge in [0.1, 0.15) is 5.65 Å². The maximum absolute atomic E-state index is 11.5. The van der Waals surface area contributed by atoms with Gasteiger partial charge >= 0.3 is 0 Å². The number of hydrogen-bond donors (Lipinski definition) is 3. The number of aromatic nitrogens is 2. The highest BCUT2D eigenvalue weighted by atomic mass is 16.1. The molecule has 1 aliphatic carbocycles. The lowest BCUT2D eigenvalue weighted by molar-refractivity contribution is 0.101. The Morgan fingerprint density at radius 3 is 2.92 bits per heavy atom. The molecule has 5 nitrogen and oxygen atoms in total. The fraction of sp³-hybridized carbons (Fsp3) is 0.263. The molecule has 0 radical (unpaired) electrons. The molecule has 0 amide bonds. The lowest BCUT2D eigenvalue weighted by Gasteiger charge is -2.16. The maximum atomic E-state index is 11.5. The third-order valence-electron chi connectivity index (χ3n) is 3.96. The minimum Gasteiger partial charge on any atom is -0.399 e. The van der Waals surface area contributed by atoms with E-state index in [1.54, 1.807) is 6.20 Å². The van der Waals surface area contributed by atoms with Crippen LogP contribution in [0.15, 0.2) is 53.9 Å². The van der Waals surface area contributed by atoms with Gasteiger partial charge in [0.2, 0.25) is 0 Å². The van der Waals surface area contributed by atoms with Gasteiger partial charge in [-0.3, -0.25) is 4.79 Å². The molecule has 0 saturated heterocycles. The topological polar surface area (TPSA) is 83.8 Å². The summed E-state index contributed by atoms with van der Waals surface area (Å²) in [6.07, 6.45) is 9.99. The summed E-state index contributed by atoms with van der Waals surface area (Å²) in [5.41, 5.74) is 10.0. The number of carbonyl (C=O) groups excluding carboxylic acids is 1. The van der Waals surface area contributed by atoms with Crippen LogP contribution in [0.1, 0.15) is 31.3 Å². The standard InChI is InChI=1S/C19H22N4O/c1-12(24)17-8-14-7-16(11-22-18(14)23-17)21-10-13-6-15(20)4-5-19(2,3)9-13/h4-9,11,21H,10,20H2,1-3H3,(H,22,23). The zero-order valence-electron chi connectivity index (χ0n) is 14.2. The van der Waals surface area contributed by atoms with Gasteiger partial charge in [0, 0.05) is 30.0 Å². The number of rotatable bonds is 4. The second kappa shape index (κ2) is 6.00. The minimum atomic E-state index is -0.0339. The van der Waals surface area contributed by atoms with Gasteiger partial charge < -0.3 is 16.0 Å². The average molecular weight is 322 g/mol. The summed E-state index contributed by atoms with van der Waals surface area (Å²) in [5.74, 6) is 0.00136. The molecule has 2 aromatic heterocycles. The number of pyridine rings is 1. The van der Waals surface area contributed by atoms with Crippen molar-refractivity contribution in [3.8, 4) is 0 Å². The number of aromatic amines is 1. The van der Waals surface area contributed by atoms with Crippen LogP contribution in [0.4, 0.5) is 5.69 Å². The highest BCUT2D eigenvalue weighted by Gasteiger charge is 2.14. The molecule has 124 valence electrons. The number of anilines is 1. The number of nitrogens with one attached hydrogen (secondary N) is 2. The lowest BCUT2D eigenvalue weighted by atomic mass is 9.91. The largest absolute Gasteiger partial charge is 0.399 e. The summed E-state index contributed by atoms with van der Waals surface area (Å²) in [6.45, 7) is 6.48. The van der Waals surface area contributed by atoms with E-state index >= 15 is 0 Å². The smallest absolute Gasteiger partial charge is 0.176 e. The van der Waals surface area contributed by atoms with Gasteiger partial charge in [-0.05, 0) is 29.9 Å². The van der Waals surface area contributed by atoms with Crippen LogP contribution in [0.2, 0.25) is 0 Å².